The maximum absolute atomic E-state index is 4.65. The number of hydrogen-bond acceptors (Lipinski definition) is 7. The molecule has 0 radical (unpaired) electrons. The van der Waals surface area contributed by atoms with Crippen LogP contribution in [0, 0.1) is 0 Å². The van der Waals surface area contributed by atoms with Crippen molar-refractivity contribution in [3.8, 4) is 22.6 Å². The molecular weight excluding hydrogens is 426 g/mol. The van der Waals surface area contributed by atoms with E-state index in [-0.39, 0.29) is 0 Å². The molecule has 5 aromatic heterocycles. The lowest BCUT2D eigenvalue weighted by atomic mass is 10.1. The molecule has 5 aromatic rings. The zero-order valence-electron chi connectivity index (χ0n) is 19.6. The summed E-state index contributed by atoms with van der Waals surface area (Å²) in [7, 11) is 6.18. The molecule has 2 N–H and O–H groups in total. The predicted molar refractivity (Wildman–Crippen MR) is 136 cm³/mol. The van der Waals surface area contributed by atoms with Crippen molar-refractivity contribution in [2.45, 2.75) is 0 Å². The monoisotopic (exact) mass is 453 g/mol. The minimum Gasteiger partial charge on any atom is -0.376 e. The van der Waals surface area contributed by atoms with Crippen molar-refractivity contribution >= 4 is 33.3 Å². The van der Waals surface area contributed by atoms with Crippen molar-refractivity contribution in [2.24, 2.45) is 0 Å². The van der Waals surface area contributed by atoms with Crippen molar-refractivity contribution in [3.05, 3.63) is 49.1 Å². The standard InChI is InChI=1S/C25H27N9/c1-32(2)17-10-16(13-26-14-17)20-11-18-22(15-28-20)30-31-24(18)21-12-19-23(4-5-27-25(19)29-21)34-8-6-33(3)7-9-34/h4-5,10-15H,6-9H2,1-3H3,(H,27,29)(H,30,31). The van der Waals surface area contributed by atoms with Crippen LogP contribution in [-0.2, 0) is 0 Å². The van der Waals surface area contributed by atoms with E-state index >= 15 is 0 Å². The number of fused-ring (bicyclic) bond motifs is 2. The molecule has 0 amide bonds. The summed E-state index contributed by atoms with van der Waals surface area (Å²) < 4.78 is 0. The number of H-pyrrole nitrogens is 2. The third-order valence-corrected chi connectivity index (χ3v) is 6.59. The van der Waals surface area contributed by atoms with Crippen LogP contribution in [0.1, 0.15) is 0 Å². The Kier molecular flexibility index (Phi) is 4.91. The molecule has 9 nitrogen and oxygen atoms in total. The molecule has 0 spiro atoms. The van der Waals surface area contributed by atoms with Gasteiger partial charge in [0.2, 0.25) is 0 Å². The zero-order chi connectivity index (χ0) is 23.2. The summed E-state index contributed by atoms with van der Waals surface area (Å²) in [5.41, 5.74) is 7.64. The van der Waals surface area contributed by atoms with Crippen molar-refractivity contribution in [1.82, 2.24) is 35.0 Å². The van der Waals surface area contributed by atoms with Gasteiger partial charge in [0.15, 0.2) is 0 Å². The fourth-order valence-electron chi connectivity index (χ4n) is 4.56. The Morgan fingerprint density at radius 3 is 2.62 bits per heavy atom. The van der Waals surface area contributed by atoms with Crippen LogP contribution in [0.3, 0.4) is 0 Å². The number of piperazine rings is 1. The average molecular weight is 454 g/mol. The quantitative estimate of drug-likeness (QED) is 0.431. The van der Waals surface area contributed by atoms with Gasteiger partial charge < -0.3 is 19.7 Å². The molecule has 0 aliphatic carbocycles. The molecule has 1 aliphatic heterocycles. The van der Waals surface area contributed by atoms with Crippen molar-refractivity contribution in [2.75, 3.05) is 57.1 Å². The van der Waals surface area contributed by atoms with E-state index in [9.17, 15) is 0 Å². The fraction of sp³-hybridized carbons (Fsp3) is 0.280. The third-order valence-electron chi connectivity index (χ3n) is 6.59. The molecule has 0 aromatic carbocycles. The van der Waals surface area contributed by atoms with Gasteiger partial charge in [0, 0.05) is 74.7 Å². The van der Waals surface area contributed by atoms with Crippen molar-refractivity contribution < 1.29 is 0 Å². The highest BCUT2D eigenvalue weighted by molar-refractivity contribution is 5.99. The average Bonchev–Trinajstić information content (AvgIpc) is 3.48. The summed E-state index contributed by atoms with van der Waals surface area (Å²) in [6, 6.07) is 8.45. The number of pyridine rings is 3. The number of nitrogens with one attached hydrogen (secondary N) is 2. The van der Waals surface area contributed by atoms with Gasteiger partial charge in [-0.1, -0.05) is 0 Å². The molecule has 0 saturated carbocycles. The van der Waals surface area contributed by atoms with Crippen LogP contribution in [0.15, 0.2) is 49.1 Å². The van der Waals surface area contributed by atoms with Gasteiger partial charge in [-0.25, -0.2) is 4.98 Å². The second kappa shape index (κ2) is 8.11. The second-order valence-electron chi connectivity index (χ2n) is 9.08. The first-order valence-corrected chi connectivity index (χ1v) is 11.5. The summed E-state index contributed by atoms with van der Waals surface area (Å²) in [6.07, 6.45) is 7.41. The van der Waals surface area contributed by atoms with Crippen LogP contribution < -0.4 is 9.80 Å². The molecule has 34 heavy (non-hydrogen) atoms. The van der Waals surface area contributed by atoms with Crippen LogP contribution in [0.2, 0.25) is 0 Å². The Hall–Kier alpha value is -3.98. The largest absolute Gasteiger partial charge is 0.376 e. The molecule has 1 fully saturated rings. The normalized spacial score (nSPS) is 14.9. The van der Waals surface area contributed by atoms with Crippen molar-refractivity contribution in [3.63, 3.8) is 0 Å². The summed E-state index contributed by atoms with van der Waals surface area (Å²) in [5, 5.41) is 9.88. The number of likely N-dealkylation sites (N-methyl/N-ethyl adjacent to an activating group) is 1. The summed E-state index contributed by atoms with van der Waals surface area (Å²) >= 11 is 0. The lowest BCUT2D eigenvalue weighted by Crippen LogP contribution is -2.44. The summed E-state index contributed by atoms with van der Waals surface area (Å²) in [4.78, 5) is 24.0. The Balaban J connectivity index is 1.42. The highest BCUT2D eigenvalue weighted by Crippen LogP contribution is 2.34. The lowest BCUT2D eigenvalue weighted by molar-refractivity contribution is 0.313. The minimum atomic E-state index is 0.859. The first-order valence-electron chi connectivity index (χ1n) is 11.5. The van der Waals surface area contributed by atoms with Crippen LogP contribution in [0.5, 0.6) is 0 Å². The number of aromatic amines is 2. The van der Waals surface area contributed by atoms with Gasteiger partial charge in [0.1, 0.15) is 11.3 Å². The Bertz CT molecular complexity index is 1470. The van der Waals surface area contributed by atoms with E-state index in [1.165, 1.54) is 5.69 Å². The lowest BCUT2D eigenvalue weighted by Gasteiger charge is -2.34. The summed E-state index contributed by atoms with van der Waals surface area (Å²) in [5.74, 6) is 0. The van der Waals surface area contributed by atoms with E-state index in [0.29, 0.717) is 0 Å². The zero-order valence-corrected chi connectivity index (χ0v) is 19.6. The predicted octanol–water partition coefficient (Wildman–Crippen LogP) is 3.38. The second-order valence-corrected chi connectivity index (χ2v) is 9.08. The molecule has 0 bridgehead atoms. The van der Waals surface area contributed by atoms with E-state index < -0.39 is 0 Å². The first kappa shape index (κ1) is 20.6. The van der Waals surface area contributed by atoms with Crippen LogP contribution in [0.4, 0.5) is 11.4 Å². The molecule has 172 valence electrons. The molecule has 6 rings (SSSR count). The number of anilines is 2. The van der Waals surface area contributed by atoms with E-state index in [1.807, 2.05) is 43.8 Å². The van der Waals surface area contributed by atoms with Crippen LogP contribution in [0.25, 0.3) is 44.6 Å². The van der Waals surface area contributed by atoms with Gasteiger partial charge in [0.25, 0.3) is 0 Å². The van der Waals surface area contributed by atoms with Crippen LogP contribution >= 0.6 is 0 Å². The van der Waals surface area contributed by atoms with E-state index in [1.54, 1.807) is 0 Å². The third kappa shape index (κ3) is 3.54. The van der Waals surface area contributed by atoms with Gasteiger partial charge in [0.05, 0.1) is 35.0 Å². The SMILES string of the molecule is CN1CCN(c2ccnc3[nH]c(-c4n[nH]c5cnc(-c6cncc(N(C)C)c6)cc45)cc23)CC1. The molecule has 6 heterocycles. The molecular formula is C25H27N9. The summed E-state index contributed by atoms with van der Waals surface area (Å²) in [6.45, 7) is 4.14. The molecule has 9 heteroatoms. The number of rotatable bonds is 4. The molecule has 1 aliphatic rings. The number of aromatic nitrogens is 6. The van der Waals surface area contributed by atoms with Gasteiger partial charge >= 0.3 is 0 Å². The first-order chi connectivity index (χ1) is 16.6. The van der Waals surface area contributed by atoms with Gasteiger partial charge in [-0.2, -0.15) is 5.10 Å². The molecule has 1 saturated heterocycles. The number of hydrogen-bond donors (Lipinski definition) is 2. The number of nitrogens with zero attached hydrogens (tertiary/aromatic N) is 7. The fourth-order valence-corrected chi connectivity index (χ4v) is 4.56. The van der Waals surface area contributed by atoms with E-state index in [4.69, 9.17) is 0 Å². The highest BCUT2D eigenvalue weighted by Gasteiger charge is 2.19. The molecule has 0 atom stereocenters. The van der Waals surface area contributed by atoms with E-state index in [0.717, 1.165) is 76.4 Å². The minimum absolute atomic E-state index is 0.859. The Labute approximate surface area is 197 Å². The maximum Gasteiger partial charge on any atom is 0.139 e. The van der Waals surface area contributed by atoms with Gasteiger partial charge in [-0.15, -0.1) is 0 Å². The van der Waals surface area contributed by atoms with Gasteiger partial charge in [-0.05, 0) is 31.3 Å². The molecule has 0 unspecified atom stereocenters. The maximum atomic E-state index is 4.65. The Morgan fingerprint density at radius 1 is 0.941 bits per heavy atom. The highest BCUT2D eigenvalue weighted by atomic mass is 15.2. The van der Waals surface area contributed by atoms with E-state index in [2.05, 4.69) is 71.2 Å². The van der Waals surface area contributed by atoms with Crippen LogP contribution in [-0.4, -0.2) is 82.4 Å². The smallest absolute Gasteiger partial charge is 0.139 e. The van der Waals surface area contributed by atoms with Crippen molar-refractivity contribution in [1.29, 1.82) is 0 Å². The van der Waals surface area contributed by atoms with Gasteiger partial charge in [-0.3, -0.25) is 15.1 Å². The topological polar surface area (TPSA) is 92.9 Å². The Morgan fingerprint density at radius 2 is 1.79 bits per heavy atom.